The average molecular weight is 400 g/mol. The fourth-order valence-corrected chi connectivity index (χ4v) is 4.12. The first-order chi connectivity index (χ1) is 13.5. The van der Waals surface area contributed by atoms with Crippen molar-refractivity contribution in [3.8, 4) is 5.75 Å². The Morgan fingerprint density at radius 1 is 1.00 bits per heavy atom. The highest BCUT2D eigenvalue weighted by Gasteiger charge is 2.43. The van der Waals surface area contributed by atoms with E-state index in [1.807, 2.05) is 19.1 Å². The number of benzene rings is 2. The molecule has 2 aromatic rings. The highest BCUT2D eigenvalue weighted by molar-refractivity contribution is 6.32. The zero-order chi connectivity index (χ0) is 19.8. The molecule has 2 amide bonds. The van der Waals surface area contributed by atoms with E-state index in [1.165, 1.54) is 4.90 Å². The number of phenolic OH excluding ortho intramolecular Hbond substituents is 1. The molecular formula is C21H22ClN3O3. The monoisotopic (exact) mass is 399 g/mol. The second-order valence-electron chi connectivity index (χ2n) is 7.21. The van der Waals surface area contributed by atoms with E-state index in [1.54, 1.807) is 30.3 Å². The molecular weight excluding hydrogens is 378 g/mol. The molecule has 146 valence electrons. The maximum absolute atomic E-state index is 13.0. The standard InChI is InChI=1S/C21H22ClN3O3/c1-14-17(22)3-2-4-18(14)25-20(27)13-19(21(25)28)24-11-9-23(10-12-24)15-5-7-16(26)8-6-15/h2-8,19,26H,9-13H2,1H3/t19-/m1/s1. The molecule has 6 nitrogen and oxygen atoms in total. The maximum atomic E-state index is 13.0. The van der Waals surface area contributed by atoms with Gasteiger partial charge in [-0.3, -0.25) is 14.5 Å². The Bertz CT molecular complexity index is 908. The second-order valence-corrected chi connectivity index (χ2v) is 7.62. The molecule has 7 heteroatoms. The van der Waals surface area contributed by atoms with Crippen molar-refractivity contribution in [2.75, 3.05) is 36.0 Å². The minimum Gasteiger partial charge on any atom is -0.508 e. The van der Waals surface area contributed by atoms with Gasteiger partial charge in [-0.2, -0.15) is 0 Å². The van der Waals surface area contributed by atoms with Gasteiger partial charge in [-0.25, -0.2) is 4.90 Å². The van der Waals surface area contributed by atoms with Crippen LogP contribution >= 0.6 is 11.6 Å². The van der Waals surface area contributed by atoms with Crippen molar-refractivity contribution in [3.63, 3.8) is 0 Å². The lowest BCUT2D eigenvalue weighted by Crippen LogP contribution is -2.52. The van der Waals surface area contributed by atoms with Gasteiger partial charge in [-0.15, -0.1) is 0 Å². The zero-order valence-corrected chi connectivity index (χ0v) is 16.4. The zero-order valence-electron chi connectivity index (χ0n) is 15.6. The normalized spacial score (nSPS) is 20.9. The average Bonchev–Trinajstić information content (AvgIpc) is 2.99. The lowest BCUT2D eigenvalue weighted by Gasteiger charge is -2.38. The van der Waals surface area contributed by atoms with Crippen molar-refractivity contribution >= 4 is 34.8 Å². The maximum Gasteiger partial charge on any atom is 0.251 e. The van der Waals surface area contributed by atoms with Crippen LogP contribution < -0.4 is 9.80 Å². The summed E-state index contributed by atoms with van der Waals surface area (Å²) in [6.07, 6.45) is 0.198. The second kappa shape index (κ2) is 7.45. The van der Waals surface area contributed by atoms with Crippen molar-refractivity contribution in [2.24, 2.45) is 0 Å². The first-order valence-electron chi connectivity index (χ1n) is 9.35. The summed E-state index contributed by atoms with van der Waals surface area (Å²) >= 11 is 6.18. The summed E-state index contributed by atoms with van der Waals surface area (Å²) in [6.45, 7) is 4.75. The number of hydrogen-bond acceptors (Lipinski definition) is 5. The van der Waals surface area contributed by atoms with Crippen molar-refractivity contribution in [2.45, 2.75) is 19.4 Å². The van der Waals surface area contributed by atoms with Gasteiger partial charge in [0.2, 0.25) is 5.91 Å². The molecule has 2 saturated heterocycles. The first-order valence-corrected chi connectivity index (χ1v) is 9.73. The van der Waals surface area contributed by atoms with Gasteiger partial charge < -0.3 is 10.0 Å². The van der Waals surface area contributed by atoms with Crippen molar-refractivity contribution in [1.82, 2.24) is 4.90 Å². The number of phenols is 1. The summed E-state index contributed by atoms with van der Waals surface area (Å²) in [6, 6.07) is 12.0. The third-order valence-electron chi connectivity index (χ3n) is 5.57. The minimum atomic E-state index is -0.423. The first kappa shape index (κ1) is 18.8. The van der Waals surface area contributed by atoms with Crippen LogP contribution in [0.2, 0.25) is 5.02 Å². The van der Waals surface area contributed by atoms with Gasteiger partial charge in [0.15, 0.2) is 0 Å². The van der Waals surface area contributed by atoms with Crippen LogP contribution in [-0.4, -0.2) is 54.0 Å². The number of amides is 2. The third kappa shape index (κ3) is 3.34. The summed E-state index contributed by atoms with van der Waals surface area (Å²) in [4.78, 5) is 31.3. The SMILES string of the molecule is Cc1c(Cl)cccc1N1C(=O)C[C@@H](N2CCN(c3ccc(O)cc3)CC2)C1=O. The number of halogens is 1. The Balaban J connectivity index is 1.46. The molecule has 2 fully saturated rings. The number of anilines is 2. The lowest BCUT2D eigenvalue weighted by molar-refractivity contribution is -0.123. The van der Waals surface area contributed by atoms with Crippen LogP contribution in [-0.2, 0) is 9.59 Å². The summed E-state index contributed by atoms with van der Waals surface area (Å²) in [7, 11) is 0. The minimum absolute atomic E-state index is 0.173. The summed E-state index contributed by atoms with van der Waals surface area (Å²) in [5, 5.41) is 9.99. The van der Waals surface area contributed by atoms with Gasteiger partial charge in [-0.05, 0) is 48.9 Å². The Morgan fingerprint density at radius 2 is 1.68 bits per heavy atom. The summed E-state index contributed by atoms with van der Waals surface area (Å²) in [5.41, 5.74) is 2.36. The van der Waals surface area contributed by atoms with Crippen LogP contribution in [0.15, 0.2) is 42.5 Å². The fourth-order valence-electron chi connectivity index (χ4n) is 3.95. The van der Waals surface area contributed by atoms with E-state index in [0.29, 0.717) is 23.8 Å². The third-order valence-corrected chi connectivity index (χ3v) is 5.98. The van der Waals surface area contributed by atoms with E-state index >= 15 is 0 Å². The number of rotatable bonds is 3. The Kier molecular flexibility index (Phi) is 5.00. The Hall–Kier alpha value is -2.57. The number of nitrogens with zero attached hydrogens (tertiary/aromatic N) is 3. The smallest absolute Gasteiger partial charge is 0.251 e. The number of hydrogen-bond donors (Lipinski definition) is 1. The number of carbonyl (C=O) groups excluding carboxylic acids is 2. The molecule has 28 heavy (non-hydrogen) atoms. The van der Waals surface area contributed by atoms with Crippen LogP contribution in [0.5, 0.6) is 5.75 Å². The molecule has 0 aliphatic carbocycles. The van der Waals surface area contributed by atoms with E-state index in [2.05, 4.69) is 9.80 Å². The number of aromatic hydroxyl groups is 1. The highest BCUT2D eigenvalue weighted by atomic mass is 35.5. The predicted molar refractivity (Wildman–Crippen MR) is 109 cm³/mol. The van der Waals surface area contributed by atoms with Gasteiger partial charge in [0.1, 0.15) is 5.75 Å². The lowest BCUT2D eigenvalue weighted by atomic mass is 10.1. The predicted octanol–water partition coefficient (Wildman–Crippen LogP) is 2.81. The van der Waals surface area contributed by atoms with E-state index < -0.39 is 6.04 Å². The highest BCUT2D eigenvalue weighted by Crippen LogP contribution is 2.32. The molecule has 2 heterocycles. The van der Waals surface area contributed by atoms with Crippen LogP contribution in [0.3, 0.4) is 0 Å². The van der Waals surface area contributed by atoms with Crippen molar-refractivity contribution in [1.29, 1.82) is 0 Å². The molecule has 0 unspecified atom stereocenters. The molecule has 2 aliphatic heterocycles. The van der Waals surface area contributed by atoms with Crippen LogP contribution in [0.25, 0.3) is 0 Å². The fraction of sp³-hybridized carbons (Fsp3) is 0.333. The number of piperazine rings is 1. The number of imide groups is 1. The Labute approximate surface area is 168 Å². The van der Waals surface area contributed by atoms with Crippen molar-refractivity contribution in [3.05, 3.63) is 53.1 Å². The van der Waals surface area contributed by atoms with Gasteiger partial charge in [0.25, 0.3) is 5.91 Å². The van der Waals surface area contributed by atoms with Gasteiger partial charge in [0, 0.05) is 36.9 Å². The molecule has 2 aliphatic rings. The molecule has 0 radical (unpaired) electrons. The molecule has 1 N–H and O–H groups in total. The van der Waals surface area contributed by atoms with E-state index in [9.17, 15) is 14.7 Å². The molecule has 0 spiro atoms. The van der Waals surface area contributed by atoms with E-state index in [0.717, 1.165) is 24.3 Å². The van der Waals surface area contributed by atoms with Gasteiger partial charge >= 0.3 is 0 Å². The number of carbonyl (C=O) groups is 2. The quantitative estimate of drug-likeness (QED) is 0.804. The molecule has 0 saturated carbocycles. The van der Waals surface area contributed by atoms with Gasteiger partial charge in [0.05, 0.1) is 18.2 Å². The largest absolute Gasteiger partial charge is 0.508 e. The molecule has 1 atom stereocenters. The molecule has 2 aromatic carbocycles. The Morgan fingerprint density at radius 3 is 2.36 bits per heavy atom. The van der Waals surface area contributed by atoms with E-state index in [-0.39, 0.29) is 24.0 Å². The van der Waals surface area contributed by atoms with Gasteiger partial charge in [-0.1, -0.05) is 17.7 Å². The van der Waals surface area contributed by atoms with Crippen molar-refractivity contribution < 1.29 is 14.7 Å². The summed E-state index contributed by atoms with van der Waals surface area (Å²) in [5.74, 6) is -0.108. The van der Waals surface area contributed by atoms with Crippen LogP contribution in [0.4, 0.5) is 11.4 Å². The van der Waals surface area contributed by atoms with Crippen LogP contribution in [0, 0.1) is 6.92 Å². The molecule has 4 rings (SSSR count). The topological polar surface area (TPSA) is 64.1 Å². The molecule has 0 aromatic heterocycles. The van der Waals surface area contributed by atoms with E-state index in [4.69, 9.17) is 11.6 Å². The van der Waals surface area contributed by atoms with Crippen LogP contribution in [0.1, 0.15) is 12.0 Å². The molecule has 0 bridgehead atoms. The summed E-state index contributed by atoms with van der Waals surface area (Å²) < 4.78 is 0.